The molecule has 3 aromatic rings. The van der Waals surface area contributed by atoms with E-state index in [2.05, 4.69) is 20.2 Å². The van der Waals surface area contributed by atoms with Crippen LogP contribution in [0.15, 0.2) is 41.5 Å². The lowest BCUT2D eigenvalue weighted by Crippen LogP contribution is -2.50. The highest BCUT2D eigenvalue weighted by Crippen LogP contribution is 2.36. The Morgan fingerprint density at radius 3 is 2.56 bits per heavy atom. The van der Waals surface area contributed by atoms with Gasteiger partial charge in [0.25, 0.3) is 17.9 Å². The van der Waals surface area contributed by atoms with Gasteiger partial charge in [-0.1, -0.05) is 0 Å². The lowest BCUT2D eigenvalue weighted by Gasteiger charge is -2.39. The van der Waals surface area contributed by atoms with Crippen LogP contribution in [0.1, 0.15) is 29.3 Å². The number of aryl methyl sites for hydroxylation is 1. The van der Waals surface area contributed by atoms with E-state index in [0.29, 0.717) is 63.3 Å². The van der Waals surface area contributed by atoms with Gasteiger partial charge in [0.1, 0.15) is 5.82 Å². The van der Waals surface area contributed by atoms with Crippen LogP contribution in [0, 0.1) is 5.82 Å². The Hall–Kier alpha value is -3.97. The van der Waals surface area contributed by atoms with Crippen molar-refractivity contribution in [2.75, 3.05) is 68.1 Å². The maximum atomic E-state index is 15.8. The number of carbonyl (C=O) groups excluding carboxylic acids is 1. The van der Waals surface area contributed by atoms with Crippen molar-refractivity contribution in [1.29, 1.82) is 0 Å². The zero-order valence-corrected chi connectivity index (χ0v) is 23.1. The van der Waals surface area contributed by atoms with Crippen molar-refractivity contribution in [1.82, 2.24) is 19.4 Å². The number of rotatable bonds is 6. The lowest BCUT2D eigenvalue weighted by atomic mass is 10.1. The molecule has 5 rings (SSSR count). The average molecular weight is 572 g/mol. The predicted molar refractivity (Wildman–Crippen MR) is 149 cm³/mol. The zero-order valence-electron chi connectivity index (χ0n) is 23.1. The number of likely N-dealkylation sites (N-methyl/N-ethyl adjacent to an activating group) is 1. The van der Waals surface area contributed by atoms with E-state index >= 15 is 4.39 Å². The van der Waals surface area contributed by atoms with Gasteiger partial charge in [0.05, 0.1) is 35.8 Å². The normalized spacial score (nSPS) is 18.2. The minimum atomic E-state index is -3.04. The maximum Gasteiger partial charge on any atom is 0.264 e. The van der Waals surface area contributed by atoms with Crippen LogP contribution in [-0.2, 0) is 11.8 Å². The van der Waals surface area contributed by atoms with Gasteiger partial charge in [-0.05, 0) is 32.2 Å². The Balaban J connectivity index is 1.57. The first-order chi connectivity index (χ1) is 19.6. The molecule has 1 aromatic carbocycles. The third-order valence-electron chi connectivity index (χ3n) is 7.59. The third kappa shape index (κ3) is 6.05. The van der Waals surface area contributed by atoms with E-state index in [0.717, 1.165) is 16.8 Å². The molecule has 41 heavy (non-hydrogen) atoms. The molecule has 0 saturated carbocycles. The summed E-state index contributed by atoms with van der Waals surface area (Å²) in [5.41, 5.74) is -0.584. The molecule has 2 aromatic heterocycles. The standard InChI is InChI=1S/C28H32F3N7O3/c1-17-15-38(7-6-35(17)2)24-14-21(29)19(22-4-5-32-28(34-22)37-8-10-41-11-9-37)12-23(24)33-27(40)20-16-36(3)25(39)13-18(20)26(30)31/h4-5,12-14,16-17,26H,6-11,15H2,1-3H3,(H,33,40). The molecule has 2 saturated heterocycles. The zero-order chi connectivity index (χ0) is 29.3. The number of pyridine rings is 1. The second-order valence-electron chi connectivity index (χ2n) is 10.3. The number of carbonyl (C=O) groups is 1. The molecular formula is C28H32F3N7O3. The molecule has 13 heteroatoms. The third-order valence-corrected chi connectivity index (χ3v) is 7.59. The highest BCUT2D eigenvalue weighted by molar-refractivity contribution is 6.07. The number of alkyl halides is 2. The second kappa shape index (κ2) is 11.9. The molecule has 2 aliphatic rings. The largest absolute Gasteiger partial charge is 0.378 e. The first-order valence-electron chi connectivity index (χ1n) is 13.4. The molecule has 1 N–H and O–H groups in total. The molecule has 1 atom stereocenters. The van der Waals surface area contributed by atoms with Crippen LogP contribution >= 0.6 is 0 Å². The van der Waals surface area contributed by atoms with Crippen LogP contribution in [0.2, 0.25) is 0 Å². The predicted octanol–water partition coefficient (Wildman–Crippen LogP) is 3.15. The lowest BCUT2D eigenvalue weighted by molar-refractivity contribution is 0.101. The Kier molecular flexibility index (Phi) is 8.27. The van der Waals surface area contributed by atoms with Crippen LogP contribution < -0.4 is 20.7 Å². The number of hydrogen-bond donors (Lipinski definition) is 1. The van der Waals surface area contributed by atoms with E-state index < -0.39 is 29.3 Å². The fraction of sp³-hybridized carbons (Fsp3) is 0.429. The topological polar surface area (TPSA) is 95.8 Å². The first kappa shape index (κ1) is 28.6. The summed E-state index contributed by atoms with van der Waals surface area (Å²) >= 11 is 0. The second-order valence-corrected chi connectivity index (χ2v) is 10.3. The molecule has 1 unspecified atom stereocenters. The van der Waals surface area contributed by atoms with Crippen molar-refractivity contribution < 1.29 is 22.7 Å². The van der Waals surface area contributed by atoms with Gasteiger partial charge in [-0.2, -0.15) is 0 Å². The number of ether oxygens (including phenoxy) is 1. The van der Waals surface area contributed by atoms with Gasteiger partial charge in [-0.15, -0.1) is 0 Å². The van der Waals surface area contributed by atoms with Crippen molar-refractivity contribution in [3.05, 3.63) is 64.0 Å². The quantitative estimate of drug-likeness (QED) is 0.482. The number of nitrogens with one attached hydrogen (secondary N) is 1. The number of hydrogen-bond acceptors (Lipinski definition) is 8. The fourth-order valence-electron chi connectivity index (χ4n) is 5.01. The van der Waals surface area contributed by atoms with Crippen molar-refractivity contribution >= 4 is 23.2 Å². The van der Waals surface area contributed by atoms with Crippen molar-refractivity contribution in [3.63, 3.8) is 0 Å². The van der Waals surface area contributed by atoms with Gasteiger partial charge in [-0.3, -0.25) is 9.59 Å². The summed E-state index contributed by atoms with van der Waals surface area (Å²) < 4.78 is 49.8. The SMILES string of the molecule is CC1CN(c2cc(F)c(-c3ccnc(N4CCOCC4)n3)cc2NC(=O)c2cn(C)c(=O)cc2C(F)F)CCN1C. The molecular weight excluding hydrogens is 539 g/mol. The average Bonchev–Trinajstić information content (AvgIpc) is 2.96. The van der Waals surface area contributed by atoms with Crippen molar-refractivity contribution in [3.8, 4) is 11.3 Å². The summed E-state index contributed by atoms with van der Waals surface area (Å²) in [5, 5.41) is 2.73. The van der Waals surface area contributed by atoms with Gasteiger partial charge < -0.3 is 29.3 Å². The summed E-state index contributed by atoms with van der Waals surface area (Å²) in [5.74, 6) is -0.959. The molecule has 1 amide bonds. The van der Waals surface area contributed by atoms with Crippen molar-refractivity contribution in [2.24, 2.45) is 7.05 Å². The van der Waals surface area contributed by atoms with E-state index in [1.165, 1.54) is 19.2 Å². The molecule has 218 valence electrons. The monoisotopic (exact) mass is 571 g/mol. The van der Waals surface area contributed by atoms with Crippen molar-refractivity contribution in [2.45, 2.75) is 19.4 Å². The Bertz CT molecular complexity index is 1490. The summed E-state index contributed by atoms with van der Waals surface area (Å²) in [4.78, 5) is 40.4. The van der Waals surface area contributed by atoms with E-state index in [1.54, 1.807) is 12.3 Å². The highest BCUT2D eigenvalue weighted by atomic mass is 19.3. The number of nitrogens with zero attached hydrogens (tertiary/aromatic N) is 6. The van der Waals surface area contributed by atoms with E-state index in [1.807, 2.05) is 23.8 Å². The number of halogens is 3. The van der Waals surface area contributed by atoms with E-state index in [-0.39, 0.29) is 22.9 Å². The van der Waals surface area contributed by atoms with Crippen LogP contribution in [0.25, 0.3) is 11.3 Å². The van der Waals surface area contributed by atoms with Crippen LogP contribution in [-0.4, -0.2) is 84.4 Å². The highest BCUT2D eigenvalue weighted by Gasteiger charge is 2.27. The molecule has 0 aliphatic carbocycles. The summed E-state index contributed by atoms with van der Waals surface area (Å²) in [6.45, 7) is 6.14. The van der Waals surface area contributed by atoms with E-state index in [9.17, 15) is 18.4 Å². The van der Waals surface area contributed by atoms with Gasteiger partial charge in [0, 0.05) is 75.4 Å². The van der Waals surface area contributed by atoms with Gasteiger partial charge >= 0.3 is 0 Å². The van der Waals surface area contributed by atoms with Gasteiger partial charge in [-0.25, -0.2) is 23.1 Å². The smallest absolute Gasteiger partial charge is 0.264 e. The molecule has 0 radical (unpaired) electrons. The number of morpholine rings is 1. The molecule has 0 spiro atoms. The summed E-state index contributed by atoms with van der Waals surface area (Å²) in [7, 11) is 3.38. The number of amides is 1. The number of piperazine rings is 1. The van der Waals surface area contributed by atoms with Crippen LogP contribution in [0.5, 0.6) is 0 Å². The van der Waals surface area contributed by atoms with Crippen LogP contribution in [0.4, 0.5) is 30.5 Å². The molecule has 4 heterocycles. The first-order valence-corrected chi connectivity index (χ1v) is 13.4. The maximum absolute atomic E-state index is 15.8. The number of anilines is 3. The van der Waals surface area contributed by atoms with E-state index in [4.69, 9.17) is 4.74 Å². The fourth-order valence-corrected chi connectivity index (χ4v) is 5.01. The Morgan fingerprint density at radius 2 is 1.85 bits per heavy atom. The van der Waals surface area contributed by atoms with Gasteiger partial charge in [0.15, 0.2) is 0 Å². The molecule has 10 nitrogen and oxygen atoms in total. The Morgan fingerprint density at radius 1 is 1.10 bits per heavy atom. The van der Waals surface area contributed by atoms with Crippen LogP contribution in [0.3, 0.4) is 0 Å². The minimum absolute atomic E-state index is 0.123. The number of aromatic nitrogens is 3. The Labute approximate surface area is 235 Å². The minimum Gasteiger partial charge on any atom is -0.378 e. The molecule has 2 aliphatic heterocycles. The molecule has 0 bridgehead atoms. The van der Waals surface area contributed by atoms with Gasteiger partial charge in [0.2, 0.25) is 5.95 Å². The summed E-state index contributed by atoms with van der Waals surface area (Å²) in [6.07, 6.45) is -0.411. The number of benzene rings is 1. The summed E-state index contributed by atoms with van der Waals surface area (Å²) in [6, 6.07) is 5.30. The molecule has 2 fully saturated rings.